The molecule has 0 aromatic carbocycles. The molecule has 3 heterocycles. The highest BCUT2D eigenvalue weighted by molar-refractivity contribution is 5.70. The fourth-order valence-electron chi connectivity index (χ4n) is 3.04. The van der Waals surface area contributed by atoms with Crippen molar-refractivity contribution in [1.29, 1.82) is 0 Å². The molecule has 2 aliphatic rings. The first kappa shape index (κ1) is 17.7. The van der Waals surface area contributed by atoms with Crippen LogP contribution in [0.4, 0.5) is 16.6 Å². The molecule has 25 heavy (non-hydrogen) atoms. The quantitative estimate of drug-likeness (QED) is 0.606. The number of rotatable bonds is 2. The second-order valence-electron chi connectivity index (χ2n) is 7.39. The van der Waals surface area contributed by atoms with Gasteiger partial charge in [-0.3, -0.25) is 10.3 Å². The van der Waals surface area contributed by atoms with Crippen molar-refractivity contribution >= 4 is 17.9 Å². The molecule has 3 rings (SSSR count). The Hall–Kier alpha value is -2.13. The molecule has 138 valence electrons. The number of carbonyl (C=O) groups is 1. The van der Waals surface area contributed by atoms with E-state index in [1.54, 1.807) is 4.90 Å². The Morgan fingerprint density at radius 3 is 2.76 bits per heavy atom. The van der Waals surface area contributed by atoms with Crippen LogP contribution >= 0.6 is 0 Å². The number of carbonyl (C=O) groups excluding carboxylic acids is 1. The van der Waals surface area contributed by atoms with Crippen molar-refractivity contribution in [3.05, 3.63) is 11.3 Å². The van der Waals surface area contributed by atoms with Crippen molar-refractivity contribution in [3.8, 4) is 0 Å². The molecule has 9 nitrogen and oxygen atoms in total. The summed E-state index contributed by atoms with van der Waals surface area (Å²) >= 11 is 0. The Kier molecular flexibility index (Phi) is 4.70. The number of nitrogens with two attached hydrogens (primary N) is 1. The zero-order valence-electron chi connectivity index (χ0n) is 15.2. The van der Waals surface area contributed by atoms with Crippen molar-refractivity contribution in [2.24, 2.45) is 5.84 Å². The number of amides is 1. The maximum atomic E-state index is 12.4. The number of hydrogen-bond donors (Lipinski definition) is 2. The van der Waals surface area contributed by atoms with Crippen molar-refractivity contribution in [2.45, 2.75) is 52.4 Å². The molecule has 1 aromatic heterocycles. The first-order chi connectivity index (χ1) is 11.8. The van der Waals surface area contributed by atoms with Crippen LogP contribution in [0.5, 0.6) is 0 Å². The topological polar surface area (TPSA) is 106 Å². The average Bonchev–Trinajstić information content (AvgIpc) is 2.97. The van der Waals surface area contributed by atoms with E-state index in [-0.39, 0.29) is 12.1 Å². The molecular formula is C16H26N6O3. The summed E-state index contributed by atoms with van der Waals surface area (Å²) in [5.41, 5.74) is 3.72. The first-order valence-electron chi connectivity index (χ1n) is 8.47. The van der Waals surface area contributed by atoms with E-state index >= 15 is 0 Å². The Balaban J connectivity index is 1.89. The summed E-state index contributed by atoms with van der Waals surface area (Å²) < 4.78 is 11.0. The van der Waals surface area contributed by atoms with Crippen molar-refractivity contribution in [3.63, 3.8) is 0 Å². The van der Waals surface area contributed by atoms with E-state index in [4.69, 9.17) is 15.3 Å². The zero-order valence-corrected chi connectivity index (χ0v) is 15.2. The SMILES string of the molecule is C[C@@H]1COCCN1c1nc(NN)nc2c1CN(C(=O)OC(C)(C)C)C2. The highest BCUT2D eigenvalue weighted by Gasteiger charge is 2.34. The molecule has 0 spiro atoms. The molecule has 1 amide bonds. The van der Waals surface area contributed by atoms with Gasteiger partial charge < -0.3 is 14.4 Å². The third-order valence-corrected chi connectivity index (χ3v) is 4.18. The molecule has 0 aliphatic carbocycles. The Bertz CT molecular complexity index is 660. The van der Waals surface area contributed by atoms with Crippen molar-refractivity contribution in [2.75, 3.05) is 30.1 Å². The van der Waals surface area contributed by atoms with Gasteiger partial charge in [0.05, 0.1) is 38.0 Å². The van der Waals surface area contributed by atoms with E-state index in [9.17, 15) is 4.79 Å². The van der Waals surface area contributed by atoms with Gasteiger partial charge in [-0.1, -0.05) is 0 Å². The van der Waals surface area contributed by atoms with Gasteiger partial charge in [-0.2, -0.15) is 4.98 Å². The van der Waals surface area contributed by atoms with Crippen LogP contribution in [0.15, 0.2) is 0 Å². The summed E-state index contributed by atoms with van der Waals surface area (Å²) in [6.07, 6.45) is -0.353. The van der Waals surface area contributed by atoms with Crippen LogP contribution in [0.25, 0.3) is 0 Å². The maximum Gasteiger partial charge on any atom is 0.410 e. The maximum absolute atomic E-state index is 12.4. The first-order valence-corrected chi connectivity index (χ1v) is 8.47. The van der Waals surface area contributed by atoms with Crippen molar-refractivity contribution in [1.82, 2.24) is 14.9 Å². The van der Waals surface area contributed by atoms with Crippen LogP contribution in [-0.2, 0) is 22.6 Å². The summed E-state index contributed by atoms with van der Waals surface area (Å²) in [5.74, 6) is 6.68. The van der Waals surface area contributed by atoms with E-state index in [0.717, 1.165) is 23.6 Å². The van der Waals surface area contributed by atoms with Crippen LogP contribution in [0.3, 0.4) is 0 Å². The standard InChI is InChI=1S/C16H26N6O3/c1-10-9-24-6-5-22(10)13-11-7-21(15(23)25-16(2,3)4)8-12(11)18-14(19-13)20-17/h10H,5-9,17H2,1-4H3,(H,18,19,20)/t10-/m1/s1. The van der Waals surface area contributed by atoms with Gasteiger partial charge in [0.2, 0.25) is 5.95 Å². The molecule has 0 saturated carbocycles. The number of hydrogen-bond acceptors (Lipinski definition) is 8. The van der Waals surface area contributed by atoms with E-state index in [1.165, 1.54) is 0 Å². The normalized spacial score (nSPS) is 20.4. The summed E-state index contributed by atoms with van der Waals surface area (Å²) in [7, 11) is 0. The third-order valence-electron chi connectivity index (χ3n) is 4.18. The summed E-state index contributed by atoms with van der Waals surface area (Å²) in [4.78, 5) is 25.2. The Morgan fingerprint density at radius 2 is 2.12 bits per heavy atom. The molecular weight excluding hydrogens is 324 g/mol. The largest absolute Gasteiger partial charge is 0.444 e. The number of morpholine rings is 1. The smallest absolute Gasteiger partial charge is 0.410 e. The zero-order chi connectivity index (χ0) is 18.2. The van der Waals surface area contributed by atoms with Crippen LogP contribution in [0.2, 0.25) is 0 Å². The van der Waals surface area contributed by atoms with Gasteiger partial charge in [-0.05, 0) is 27.7 Å². The molecule has 9 heteroatoms. The van der Waals surface area contributed by atoms with Crippen LogP contribution in [0, 0.1) is 0 Å². The molecule has 1 saturated heterocycles. The number of nitrogen functional groups attached to an aromatic ring is 1. The number of aromatic nitrogens is 2. The van der Waals surface area contributed by atoms with E-state index < -0.39 is 5.60 Å². The number of anilines is 2. The van der Waals surface area contributed by atoms with Gasteiger partial charge in [-0.25, -0.2) is 15.6 Å². The minimum Gasteiger partial charge on any atom is -0.444 e. The van der Waals surface area contributed by atoms with Gasteiger partial charge in [-0.15, -0.1) is 0 Å². The van der Waals surface area contributed by atoms with Crippen molar-refractivity contribution < 1.29 is 14.3 Å². The Labute approximate surface area is 147 Å². The summed E-state index contributed by atoms with van der Waals surface area (Å²) in [6.45, 7) is 10.5. The number of fused-ring (bicyclic) bond motifs is 1. The summed E-state index contributed by atoms with van der Waals surface area (Å²) in [6, 6.07) is 0.189. The lowest BCUT2D eigenvalue weighted by Crippen LogP contribution is -2.44. The Morgan fingerprint density at radius 1 is 1.36 bits per heavy atom. The van der Waals surface area contributed by atoms with E-state index in [1.807, 2.05) is 20.8 Å². The number of ether oxygens (including phenoxy) is 2. The number of nitrogens with zero attached hydrogens (tertiary/aromatic N) is 4. The van der Waals surface area contributed by atoms with Gasteiger partial charge >= 0.3 is 6.09 Å². The minimum atomic E-state index is -0.539. The average molecular weight is 350 g/mol. The fraction of sp³-hybridized carbons (Fsp3) is 0.688. The molecule has 2 aliphatic heterocycles. The lowest BCUT2D eigenvalue weighted by molar-refractivity contribution is 0.0240. The third kappa shape index (κ3) is 3.77. The predicted octanol–water partition coefficient (Wildman–Crippen LogP) is 1.24. The van der Waals surface area contributed by atoms with Gasteiger partial charge in [0.25, 0.3) is 0 Å². The van der Waals surface area contributed by atoms with E-state index in [0.29, 0.717) is 32.3 Å². The number of hydrazine groups is 1. The molecule has 1 fully saturated rings. The number of nitrogens with one attached hydrogen (secondary N) is 1. The van der Waals surface area contributed by atoms with Gasteiger partial charge in [0.15, 0.2) is 0 Å². The monoisotopic (exact) mass is 350 g/mol. The fourth-order valence-corrected chi connectivity index (χ4v) is 3.04. The van der Waals surface area contributed by atoms with Crippen LogP contribution < -0.4 is 16.2 Å². The highest BCUT2D eigenvalue weighted by Crippen LogP contribution is 2.32. The lowest BCUT2D eigenvalue weighted by atomic mass is 10.2. The molecule has 0 radical (unpaired) electrons. The molecule has 1 aromatic rings. The minimum absolute atomic E-state index is 0.189. The van der Waals surface area contributed by atoms with Gasteiger partial charge in [0.1, 0.15) is 11.4 Å². The molecule has 0 bridgehead atoms. The van der Waals surface area contributed by atoms with Crippen LogP contribution in [0.1, 0.15) is 39.0 Å². The second kappa shape index (κ2) is 6.64. The van der Waals surface area contributed by atoms with Crippen LogP contribution in [-0.4, -0.2) is 52.4 Å². The predicted molar refractivity (Wildman–Crippen MR) is 93.0 cm³/mol. The summed E-state index contributed by atoms with van der Waals surface area (Å²) in [5, 5.41) is 0. The van der Waals surface area contributed by atoms with Gasteiger partial charge in [0, 0.05) is 12.1 Å². The lowest BCUT2D eigenvalue weighted by Gasteiger charge is -2.35. The molecule has 1 atom stereocenters. The molecule has 3 N–H and O–H groups in total. The van der Waals surface area contributed by atoms with E-state index in [2.05, 4.69) is 27.2 Å². The highest BCUT2D eigenvalue weighted by atomic mass is 16.6. The second-order valence-corrected chi connectivity index (χ2v) is 7.39. The molecule has 0 unspecified atom stereocenters.